The Hall–Kier alpha value is -1.39. The van der Waals surface area contributed by atoms with Crippen molar-refractivity contribution in [3.63, 3.8) is 0 Å². The Labute approximate surface area is 107 Å². The first-order valence-electron chi connectivity index (χ1n) is 6.21. The van der Waals surface area contributed by atoms with E-state index in [9.17, 15) is 4.79 Å². The van der Waals surface area contributed by atoms with Gasteiger partial charge in [0, 0.05) is 19.6 Å². The van der Waals surface area contributed by atoms with Crippen LogP contribution in [0.2, 0.25) is 0 Å². The molecule has 0 bridgehead atoms. The number of rotatable bonds is 3. The van der Waals surface area contributed by atoms with E-state index in [2.05, 4.69) is 11.8 Å². The topological polar surface area (TPSA) is 38.8 Å². The molecule has 0 spiro atoms. The van der Waals surface area contributed by atoms with Crippen molar-refractivity contribution in [1.82, 2.24) is 4.90 Å². The average Bonchev–Trinajstić information content (AvgIpc) is 2.38. The van der Waals surface area contributed by atoms with E-state index < -0.39 is 0 Å². The zero-order valence-corrected chi connectivity index (χ0v) is 10.9. The molecular weight excluding hydrogens is 230 g/mol. The van der Waals surface area contributed by atoms with Gasteiger partial charge in [-0.15, -0.1) is 0 Å². The van der Waals surface area contributed by atoms with Crippen molar-refractivity contribution in [2.75, 3.05) is 26.8 Å². The lowest BCUT2D eigenvalue weighted by molar-refractivity contribution is -0.0212. The molecule has 2 rings (SSSR count). The number of methoxy groups -OCH3 is 1. The third-order valence-electron chi connectivity index (χ3n) is 3.14. The van der Waals surface area contributed by atoms with Crippen LogP contribution in [0.15, 0.2) is 24.3 Å². The van der Waals surface area contributed by atoms with Crippen molar-refractivity contribution in [3.05, 3.63) is 35.4 Å². The third kappa shape index (κ3) is 3.09. The molecular formula is C14H19NO3. The zero-order chi connectivity index (χ0) is 13.0. The van der Waals surface area contributed by atoms with Crippen LogP contribution in [0, 0.1) is 0 Å². The normalized spacial score (nSPS) is 20.7. The summed E-state index contributed by atoms with van der Waals surface area (Å²) >= 11 is 0. The highest BCUT2D eigenvalue weighted by Crippen LogP contribution is 2.15. The van der Waals surface area contributed by atoms with Crippen LogP contribution >= 0.6 is 0 Å². The number of carbonyl (C=O) groups excluding carboxylic acids is 1. The molecule has 98 valence electrons. The highest BCUT2D eigenvalue weighted by molar-refractivity contribution is 5.90. The summed E-state index contributed by atoms with van der Waals surface area (Å²) in [5.41, 5.74) is 1.66. The molecule has 0 N–H and O–H groups in total. The van der Waals surface area contributed by atoms with Gasteiger partial charge in [-0.25, -0.2) is 4.79 Å². The SMILES string of the molecule is COC(=O)c1ccccc1CN1CCOC(C)C1. The van der Waals surface area contributed by atoms with E-state index in [1.807, 2.05) is 24.3 Å². The largest absolute Gasteiger partial charge is 0.465 e. The minimum Gasteiger partial charge on any atom is -0.465 e. The van der Waals surface area contributed by atoms with Crippen LogP contribution in [-0.4, -0.2) is 43.8 Å². The van der Waals surface area contributed by atoms with E-state index in [0.717, 1.165) is 31.8 Å². The molecule has 0 aliphatic carbocycles. The molecule has 1 heterocycles. The van der Waals surface area contributed by atoms with Crippen LogP contribution in [-0.2, 0) is 16.0 Å². The summed E-state index contributed by atoms with van der Waals surface area (Å²) in [6, 6.07) is 7.60. The maximum absolute atomic E-state index is 11.7. The van der Waals surface area contributed by atoms with Crippen LogP contribution in [0.1, 0.15) is 22.8 Å². The predicted octanol–water partition coefficient (Wildman–Crippen LogP) is 1.69. The number of morpholine rings is 1. The van der Waals surface area contributed by atoms with E-state index in [4.69, 9.17) is 9.47 Å². The van der Waals surface area contributed by atoms with Crippen LogP contribution in [0.5, 0.6) is 0 Å². The van der Waals surface area contributed by atoms with Gasteiger partial charge in [-0.1, -0.05) is 18.2 Å². The summed E-state index contributed by atoms with van der Waals surface area (Å²) in [6.07, 6.45) is 0.254. The second-order valence-electron chi connectivity index (χ2n) is 4.57. The zero-order valence-electron chi connectivity index (χ0n) is 10.9. The quantitative estimate of drug-likeness (QED) is 0.764. The Morgan fingerprint density at radius 2 is 2.28 bits per heavy atom. The summed E-state index contributed by atoms with van der Waals surface area (Å²) < 4.78 is 10.3. The van der Waals surface area contributed by atoms with Crippen molar-refractivity contribution in [1.29, 1.82) is 0 Å². The number of benzene rings is 1. The maximum Gasteiger partial charge on any atom is 0.338 e. The Kier molecular flexibility index (Phi) is 4.33. The summed E-state index contributed by atoms with van der Waals surface area (Å²) in [7, 11) is 1.41. The Balaban J connectivity index is 2.10. The Morgan fingerprint density at radius 3 is 3.00 bits per heavy atom. The van der Waals surface area contributed by atoms with Gasteiger partial charge in [0.1, 0.15) is 0 Å². The molecule has 1 aliphatic rings. The lowest BCUT2D eigenvalue weighted by atomic mass is 10.1. The summed E-state index contributed by atoms with van der Waals surface area (Å²) in [6.45, 7) is 5.38. The number of ether oxygens (including phenoxy) is 2. The maximum atomic E-state index is 11.7. The van der Waals surface area contributed by atoms with Crippen LogP contribution in [0.3, 0.4) is 0 Å². The van der Waals surface area contributed by atoms with Gasteiger partial charge in [-0.2, -0.15) is 0 Å². The third-order valence-corrected chi connectivity index (χ3v) is 3.14. The molecule has 4 heteroatoms. The van der Waals surface area contributed by atoms with Gasteiger partial charge >= 0.3 is 5.97 Å². The summed E-state index contributed by atoms with van der Waals surface area (Å²) in [5, 5.41) is 0. The molecule has 1 aromatic carbocycles. The van der Waals surface area contributed by atoms with Gasteiger partial charge in [0.15, 0.2) is 0 Å². The molecule has 0 saturated carbocycles. The number of hydrogen-bond acceptors (Lipinski definition) is 4. The van der Waals surface area contributed by atoms with E-state index >= 15 is 0 Å². The van der Waals surface area contributed by atoms with Gasteiger partial charge in [0.2, 0.25) is 0 Å². The second kappa shape index (κ2) is 5.98. The van der Waals surface area contributed by atoms with Gasteiger partial charge in [-0.3, -0.25) is 4.90 Å². The lowest BCUT2D eigenvalue weighted by Crippen LogP contribution is -2.40. The molecule has 1 aromatic rings. The monoisotopic (exact) mass is 249 g/mol. The molecule has 1 aliphatic heterocycles. The van der Waals surface area contributed by atoms with Crippen LogP contribution < -0.4 is 0 Å². The van der Waals surface area contributed by atoms with Crippen molar-refractivity contribution in [2.45, 2.75) is 19.6 Å². The average molecular weight is 249 g/mol. The van der Waals surface area contributed by atoms with E-state index in [-0.39, 0.29) is 12.1 Å². The second-order valence-corrected chi connectivity index (χ2v) is 4.57. The number of carbonyl (C=O) groups is 1. The smallest absolute Gasteiger partial charge is 0.338 e. The van der Waals surface area contributed by atoms with Gasteiger partial charge < -0.3 is 9.47 Å². The first-order valence-corrected chi connectivity index (χ1v) is 6.21. The Bertz CT molecular complexity index is 419. The molecule has 4 nitrogen and oxygen atoms in total. The number of nitrogens with zero attached hydrogens (tertiary/aromatic N) is 1. The molecule has 1 unspecified atom stereocenters. The van der Waals surface area contributed by atoms with Crippen LogP contribution in [0.25, 0.3) is 0 Å². The minimum absolute atomic E-state index is 0.254. The van der Waals surface area contributed by atoms with Crippen molar-refractivity contribution in [3.8, 4) is 0 Å². The molecule has 1 fully saturated rings. The fraction of sp³-hybridized carbons (Fsp3) is 0.500. The van der Waals surface area contributed by atoms with Gasteiger partial charge in [0.25, 0.3) is 0 Å². The standard InChI is InChI=1S/C14H19NO3/c1-11-9-15(7-8-18-11)10-12-5-3-4-6-13(12)14(16)17-2/h3-6,11H,7-10H2,1-2H3. The predicted molar refractivity (Wildman–Crippen MR) is 68.5 cm³/mol. The summed E-state index contributed by atoms with van der Waals surface area (Å²) in [5.74, 6) is -0.271. The van der Waals surface area contributed by atoms with Crippen molar-refractivity contribution in [2.24, 2.45) is 0 Å². The fourth-order valence-corrected chi connectivity index (χ4v) is 2.24. The molecule has 0 aromatic heterocycles. The Morgan fingerprint density at radius 1 is 1.50 bits per heavy atom. The minimum atomic E-state index is -0.271. The summed E-state index contributed by atoms with van der Waals surface area (Å²) in [4.78, 5) is 14.0. The van der Waals surface area contributed by atoms with Gasteiger partial charge in [-0.05, 0) is 18.6 Å². The highest BCUT2D eigenvalue weighted by atomic mass is 16.5. The van der Waals surface area contributed by atoms with Gasteiger partial charge in [0.05, 0.1) is 25.4 Å². The molecule has 0 radical (unpaired) electrons. The fourth-order valence-electron chi connectivity index (χ4n) is 2.24. The lowest BCUT2D eigenvalue weighted by Gasteiger charge is -2.31. The first kappa shape index (κ1) is 13.1. The van der Waals surface area contributed by atoms with E-state index in [0.29, 0.717) is 5.56 Å². The highest BCUT2D eigenvalue weighted by Gasteiger charge is 2.19. The molecule has 18 heavy (non-hydrogen) atoms. The van der Waals surface area contributed by atoms with E-state index in [1.54, 1.807) is 0 Å². The van der Waals surface area contributed by atoms with Crippen molar-refractivity contribution < 1.29 is 14.3 Å². The number of hydrogen-bond donors (Lipinski definition) is 0. The number of esters is 1. The van der Waals surface area contributed by atoms with Crippen LogP contribution in [0.4, 0.5) is 0 Å². The molecule has 1 saturated heterocycles. The van der Waals surface area contributed by atoms with Crippen molar-refractivity contribution >= 4 is 5.97 Å². The molecule has 1 atom stereocenters. The van der Waals surface area contributed by atoms with E-state index in [1.165, 1.54) is 7.11 Å². The molecule has 0 amide bonds. The first-order chi connectivity index (χ1) is 8.70.